The number of aryl methyl sites for hydroxylation is 1. The van der Waals surface area contributed by atoms with E-state index in [1.54, 1.807) is 0 Å². The smallest absolute Gasteiger partial charge is 0.272 e. The molecule has 1 fully saturated rings. The third-order valence-corrected chi connectivity index (χ3v) is 5.81. The summed E-state index contributed by atoms with van der Waals surface area (Å²) in [4.78, 5) is 15.2. The van der Waals surface area contributed by atoms with E-state index in [0.717, 1.165) is 36.7 Å². The van der Waals surface area contributed by atoms with Crippen LogP contribution < -0.4 is 5.32 Å². The second-order valence-electron chi connectivity index (χ2n) is 7.93. The fourth-order valence-electron chi connectivity index (χ4n) is 4.41. The molecule has 146 valence electrons. The number of nitrogens with zero attached hydrogens (tertiary/aromatic N) is 3. The summed E-state index contributed by atoms with van der Waals surface area (Å²) < 4.78 is 7.34. The van der Waals surface area contributed by atoms with Crippen LogP contribution in [-0.4, -0.2) is 52.4 Å². The Morgan fingerprint density at radius 1 is 1.35 bits per heavy atom. The van der Waals surface area contributed by atoms with Gasteiger partial charge in [0.1, 0.15) is 0 Å². The minimum Gasteiger partial charge on any atom is -0.376 e. The molecule has 0 aromatic carbocycles. The number of carbonyl (C=O) groups is 1. The molecule has 0 saturated heterocycles. The third kappa shape index (κ3) is 4.46. The topological polar surface area (TPSA) is 59.4 Å². The molecule has 6 nitrogen and oxygen atoms in total. The molecule has 1 aromatic rings. The van der Waals surface area contributed by atoms with Crippen molar-refractivity contribution in [1.29, 1.82) is 0 Å². The molecule has 2 aliphatic rings. The second-order valence-corrected chi connectivity index (χ2v) is 7.93. The van der Waals surface area contributed by atoms with Crippen LogP contribution in [0, 0.1) is 0 Å². The van der Waals surface area contributed by atoms with E-state index in [4.69, 9.17) is 4.74 Å². The molecule has 1 amide bonds. The monoisotopic (exact) mass is 362 g/mol. The van der Waals surface area contributed by atoms with Gasteiger partial charge in [-0.2, -0.15) is 5.10 Å². The largest absolute Gasteiger partial charge is 0.376 e. The van der Waals surface area contributed by atoms with Gasteiger partial charge in [0, 0.05) is 49.9 Å². The van der Waals surface area contributed by atoms with Gasteiger partial charge in [-0.05, 0) is 33.1 Å². The quantitative estimate of drug-likeness (QED) is 0.758. The first-order valence-corrected chi connectivity index (χ1v) is 10.2. The summed E-state index contributed by atoms with van der Waals surface area (Å²) in [6.07, 6.45) is 8.56. The van der Waals surface area contributed by atoms with E-state index in [1.165, 1.54) is 32.1 Å². The predicted molar refractivity (Wildman–Crippen MR) is 102 cm³/mol. The Hall–Kier alpha value is -1.40. The van der Waals surface area contributed by atoms with E-state index in [1.807, 2.05) is 11.7 Å². The highest BCUT2D eigenvalue weighted by Crippen LogP contribution is 2.24. The van der Waals surface area contributed by atoms with Crippen LogP contribution in [0.2, 0.25) is 0 Å². The molecule has 26 heavy (non-hydrogen) atoms. The summed E-state index contributed by atoms with van der Waals surface area (Å²) in [7, 11) is 1.91. The minimum atomic E-state index is -0.0684. The van der Waals surface area contributed by atoms with Gasteiger partial charge >= 0.3 is 0 Å². The Bertz CT molecular complexity index is 605. The molecule has 6 heteroatoms. The van der Waals surface area contributed by atoms with Crippen LogP contribution in [0.1, 0.15) is 74.1 Å². The standard InChI is InChI=1S/C20H34N4O2/c1-15(2)24(16-8-5-4-6-9-16)12-7-11-21-20(25)19-17-14-26-13-10-18(17)23(3)22-19/h15-16H,4-14H2,1-3H3,(H,21,25). The molecule has 1 aliphatic carbocycles. The van der Waals surface area contributed by atoms with Crippen molar-refractivity contribution in [1.82, 2.24) is 20.0 Å². The third-order valence-electron chi connectivity index (χ3n) is 5.81. The summed E-state index contributed by atoms with van der Waals surface area (Å²) in [6, 6.07) is 1.29. The van der Waals surface area contributed by atoms with Gasteiger partial charge in [-0.1, -0.05) is 19.3 Å². The van der Waals surface area contributed by atoms with Gasteiger partial charge in [0.2, 0.25) is 0 Å². The molecule has 0 unspecified atom stereocenters. The van der Waals surface area contributed by atoms with Crippen molar-refractivity contribution in [2.24, 2.45) is 7.05 Å². The van der Waals surface area contributed by atoms with Crippen LogP contribution in [0.25, 0.3) is 0 Å². The summed E-state index contributed by atoms with van der Waals surface area (Å²) in [5.41, 5.74) is 2.63. The van der Waals surface area contributed by atoms with Gasteiger partial charge in [0.25, 0.3) is 5.91 Å². The lowest BCUT2D eigenvalue weighted by Crippen LogP contribution is -2.43. The number of hydrogen-bond acceptors (Lipinski definition) is 4. The maximum Gasteiger partial charge on any atom is 0.272 e. The Labute approximate surface area is 157 Å². The lowest BCUT2D eigenvalue weighted by molar-refractivity contribution is 0.0915. The number of nitrogens with one attached hydrogen (secondary N) is 1. The molecule has 1 aliphatic heterocycles. The predicted octanol–water partition coefficient (Wildman–Crippen LogP) is 2.66. The summed E-state index contributed by atoms with van der Waals surface area (Å²) in [6.45, 7) is 7.52. The highest BCUT2D eigenvalue weighted by Gasteiger charge is 2.25. The Kier molecular flexibility index (Phi) is 6.70. The maximum absolute atomic E-state index is 12.6. The van der Waals surface area contributed by atoms with Crippen molar-refractivity contribution in [3.05, 3.63) is 17.0 Å². The van der Waals surface area contributed by atoms with Crippen molar-refractivity contribution in [3.63, 3.8) is 0 Å². The molecular formula is C20H34N4O2. The van der Waals surface area contributed by atoms with Crippen molar-refractivity contribution in [2.45, 2.75) is 77.5 Å². The van der Waals surface area contributed by atoms with Gasteiger partial charge < -0.3 is 10.1 Å². The number of ether oxygens (including phenoxy) is 1. The van der Waals surface area contributed by atoms with Gasteiger partial charge in [0.15, 0.2) is 5.69 Å². The van der Waals surface area contributed by atoms with Gasteiger partial charge in [-0.15, -0.1) is 0 Å². The van der Waals surface area contributed by atoms with E-state index in [9.17, 15) is 4.79 Å². The fourth-order valence-corrected chi connectivity index (χ4v) is 4.41. The number of carbonyl (C=O) groups excluding carboxylic acids is 1. The second kappa shape index (κ2) is 9.00. The SMILES string of the molecule is CC(C)N(CCCNC(=O)c1nn(C)c2c1COCC2)C1CCCCC1. The van der Waals surface area contributed by atoms with E-state index >= 15 is 0 Å². The first-order valence-electron chi connectivity index (χ1n) is 10.2. The van der Waals surface area contributed by atoms with Crippen LogP contribution in [0.3, 0.4) is 0 Å². The Morgan fingerprint density at radius 2 is 2.12 bits per heavy atom. The maximum atomic E-state index is 12.6. The first kappa shape index (κ1) is 19.4. The van der Waals surface area contributed by atoms with Crippen molar-refractivity contribution < 1.29 is 9.53 Å². The average molecular weight is 363 g/mol. The van der Waals surface area contributed by atoms with Gasteiger partial charge in [-0.25, -0.2) is 0 Å². The van der Waals surface area contributed by atoms with Crippen molar-refractivity contribution in [2.75, 3.05) is 19.7 Å². The van der Waals surface area contributed by atoms with Crippen LogP contribution in [0.15, 0.2) is 0 Å². The van der Waals surface area contributed by atoms with Crippen LogP contribution in [0.5, 0.6) is 0 Å². The summed E-state index contributed by atoms with van der Waals surface area (Å²) >= 11 is 0. The molecule has 0 atom stereocenters. The van der Waals surface area contributed by atoms with E-state index in [-0.39, 0.29) is 5.91 Å². The van der Waals surface area contributed by atoms with Crippen LogP contribution in [-0.2, 0) is 24.8 Å². The zero-order valence-electron chi connectivity index (χ0n) is 16.6. The summed E-state index contributed by atoms with van der Waals surface area (Å²) in [5.74, 6) is -0.0684. The fraction of sp³-hybridized carbons (Fsp3) is 0.800. The number of fused-ring (bicyclic) bond motifs is 1. The number of rotatable bonds is 7. The normalized spacial score (nSPS) is 18.3. The number of hydrogen-bond donors (Lipinski definition) is 1. The highest BCUT2D eigenvalue weighted by molar-refractivity contribution is 5.94. The highest BCUT2D eigenvalue weighted by atomic mass is 16.5. The van der Waals surface area contributed by atoms with Crippen LogP contribution in [0.4, 0.5) is 0 Å². The number of aromatic nitrogens is 2. The number of amides is 1. The summed E-state index contributed by atoms with van der Waals surface area (Å²) in [5, 5.41) is 7.48. The Morgan fingerprint density at radius 3 is 2.85 bits per heavy atom. The van der Waals surface area contributed by atoms with Crippen molar-refractivity contribution in [3.8, 4) is 0 Å². The molecular weight excluding hydrogens is 328 g/mol. The average Bonchev–Trinajstić information content (AvgIpc) is 2.99. The zero-order valence-corrected chi connectivity index (χ0v) is 16.6. The van der Waals surface area contributed by atoms with Gasteiger partial charge in [-0.3, -0.25) is 14.4 Å². The molecule has 1 saturated carbocycles. The molecule has 1 N–H and O–H groups in total. The zero-order chi connectivity index (χ0) is 18.5. The lowest BCUT2D eigenvalue weighted by Gasteiger charge is -2.37. The van der Waals surface area contributed by atoms with E-state index < -0.39 is 0 Å². The molecule has 3 rings (SSSR count). The van der Waals surface area contributed by atoms with Gasteiger partial charge in [0.05, 0.1) is 13.2 Å². The molecule has 0 radical (unpaired) electrons. The Balaban J connectivity index is 1.49. The van der Waals surface area contributed by atoms with Crippen LogP contribution >= 0.6 is 0 Å². The van der Waals surface area contributed by atoms with E-state index in [0.29, 0.717) is 31.5 Å². The van der Waals surface area contributed by atoms with Crippen molar-refractivity contribution >= 4 is 5.91 Å². The molecule has 0 spiro atoms. The lowest BCUT2D eigenvalue weighted by atomic mass is 9.93. The first-order chi connectivity index (χ1) is 12.6. The minimum absolute atomic E-state index is 0.0684. The molecule has 1 aromatic heterocycles. The molecule has 2 heterocycles. The molecule has 0 bridgehead atoms. The van der Waals surface area contributed by atoms with E-state index in [2.05, 4.69) is 29.2 Å².